The molecule has 0 amide bonds. The molecule has 1 fully saturated rings. The molecule has 2 aromatic carbocycles. The third kappa shape index (κ3) is 4.00. The van der Waals surface area contributed by atoms with Crippen molar-refractivity contribution in [3.63, 3.8) is 0 Å². The molecule has 0 unspecified atom stereocenters. The van der Waals surface area contributed by atoms with Crippen LogP contribution in [-0.4, -0.2) is 59.7 Å². The van der Waals surface area contributed by atoms with E-state index in [2.05, 4.69) is 44.5 Å². The lowest BCUT2D eigenvalue weighted by Gasteiger charge is -2.32. The van der Waals surface area contributed by atoms with Gasteiger partial charge in [0.1, 0.15) is 5.75 Å². The van der Waals surface area contributed by atoms with Crippen LogP contribution in [0.1, 0.15) is 6.92 Å². The van der Waals surface area contributed by atoms with E-state index in [1.54, 1.807) is 0 Å². The summed E-state index contributed by atoms with van der Waals surface area (Å²) in [4.78, 5) is 11.5. The molecule has 28 heavy (non-hydrogen) atoms. The van der Waals surface area contributed by atoms with Crippen LogP contribution in [0, 0.1) is 0 Å². The summed E-state index contributed by atoms with van der Waals surface area (Å²) in [5, 5.41) is 3.16. The smallest absolute Gasteiger partial charge is 0.238 e. The van der Waals surface area contributed by atoms with Crippen LogP contribution in [0.4, 0.5) is 11.6 Å². The third-order valence-electron chi connectivity index (χ3n) is 4.99. The van der Waals surface area contributed by atoms with Crippen molar-refractivity contribution >= 4 is 22.5 Å². The summed E-state index contributed by atoms with van der Waals surface area (Å²) in [6.07, 6.45) is 1.87. The zero-order valence-electron chi connectivity index (χ0n) is 16.4. The number of nitrogens with one attached hydrogen (secondary N) is 1. The molecule has 1 aromatic heterocycles. The van der Waals surface area contributed by atoms with Crippen LogP contribution in [0.2, 0.25) is 0 Å². The quantitative estimate of drug-likeness (QED) is 0.661. The summed E-state index contributed by atoms with van der Waals surface area (Å²) < 4.78 is 5.62. The Bertz CT molecular complexity index is 968. The molecule has 0 atom stereocenters. The highest BCUT2D eigenvalue weighted by Crippen LogP contribution is 2.30. The number of anilines is 2. The topological polar surface area (TPSA) is 79.5 Å². The fourth-order valence-corrected chi connectivity index (χ4v) is 3.32. The number of aromatic nitrogens is 2. The van der Waals surface area contributed by atoms with Gasteiger partial charge in [0, 0.05) is 37.8 Å². The second-order valence-electron chi connectivity index (χ2n) is 7.05. The van der Waals surface area contributed by atoms with Crippen molar-refractivity contribution in [2.45, 2.75) is 6.92 Å². The van der Waals surface area contributed by atoms with E-state index in [0.717, 1.165) is 48.2 Å². The maximum absolute atomic E-state index is 5.99. The van der Waals surface area contributed by atoms with Crippen molar-refractivity contribution in [2.24, 2.45) is 0 Å². The van der Waals surface area contributed by atoms with E-state index < -0.39 is 0 Å². The maximum Gasteiger partial charge on any atom is 0.238 e. The van der Waals surface area contributed by atoms with E-state index >= 15 is 0 Å². The molecule has 1 aliphatic heterocycles. The highest BCUT2D eigenvalue weighted by atomic mass is 16.5. The molecule has 0 radical (unpaired) electrons. The van der Waals surface area contributed by atoms with Gasteiger partial charge in [-0.05, 0) is 49.4 Å². The number of hydrogen-bond acceptors (Lipinski definition) is 7. The van der Waals surface area contributed by atoms with Crippen molar-refractivity contribution in [1.29, 1.82) is 0 Å². The lowest BCUT2D eigenvalue weighted by molar-refractivity contribution is 0.178. The highest BCUT2D eigenvalue weighted by molar-refractivity contribution is 5.85. The molecular weight excluding hydrogens is 352 g/mol. The second-order valence-corrected chi connectivity index (χ2v) is 7.05. The van der Waals surface area contributed by atoms with Crippen molar-refractivity contribution in [3.05, 3.63) is 42.6 Å². The molecule has 146 valence electrons. The van der Waals surface area contributed by atoms with E-state index in [1.165, 1.54) is 0 Å². The Morgan fingerprint density at radius 1 is 1.07 bits per heavy atom. The molecule has 1 saturated heterocycles. The minimum absolute atomic E-state index is 0.586. The van der Waals surface area contributed by atoms with E-state index in [-0.39, 0.29) is 0 Å². The van der Waals surface area contributed by atoms with Crippen LogP contribution in [-0.2, 0) is 0 Å². The largest absolute Gasteiger partial charge is 0.492 e. The molecule has 2 heterocycles. The number of hydrazine groups is 1. The summed E-state index contributed by atoms with van der Waals surface area (Å²) in [6.45, 7) is 6.52. The molecule has 0 spiro atoms. The Hall–Kier alpha value is -2.90. The molecule has 3 N–H and O–H groups in total. The minimum Gasteiger partial charge on any atom is -0.492 e. The van der Waals surface area contributed by atoms with Gasteiger partial charge in [-0.25, -0.2) is 15.0 Å². The number of hydrogen-bond donors (Lipinski definition) is 2. The third-order valence-corrected chi connectivity index (χ3v) is 4.99. The zero-order valence-corrected chi connectivity index (χ0v) is 16.4. The Morgan fingerprint density at radius 2 is 1.82 bits per heavy atom. The number of nitrogens with zero attached hydrogens (tertiary/aromatic N) is 4. The fraction of sp³-hybridized carbons (Fsp3) is 0.333. The van der Waals surface area contributed by atoms with Gasteiger partial charge in [-0.3, -0.25) is 5.43 Å². The van der Waals surface area contributed by atoms with Crippen molar-refractivity contribution in [1.82, 2.24) is 19.9 Å². The Morgan fingerprint density at radius 3 is 2.61 bits per heavy atom. The first kappa shape index (κ1) is 18.5. The van der Waals surface area contributed by atoms with Gasteiger partial charge in [-0.2, -0.15) is 0 Å². The van der Waals surface area contributed by atoms with Gasteiger partial charge in [-0.15, -0.1) is 0 Å². The molecule has 1 aliphatic rings. The lowest BCUT2D eigenvalue weighted by atomic mass is 10.0. The summed E-state index contributed by atoms with van der Waals surface area (Å²) in [5.74, 6) is 1.35. The number of likely N-dealkylation sites (N-methyl/N-ethyl adjacent to an activating group) is 1. The number of ether oxygens (including phenoxy) is 1. The summed E-state index contributed by atoms with van der Waals surface area (Å²) in [5.41, 5.74) is 13.0. The van der Waals surface area contributed by atoms with Gasteiger partial charge in [0.05, 0.1) is 17.8 Å². The number of piperazine rings is 1. The summed E-state index contributed by atoms with van der Waals surface area (Å²) in [7, 11) is 2.14. The monoisotopic (exact) mass is 378 g/mol. The Balaban J connectivity index is 1.56. The van der Waals surface area contributed by atoms with Crippen LogP contribution < -0.4 is 15.9 Å². The van der Waals surface area contributed by atoms with Crippen LogP contribution in [0.25, 0.3) is 22.0 Å². The van der Waals surface area contributed by atoms with Crippen LogP contribution in [0.15, 0.2) is 42.6 Å². The first-order chi connectivity index (χ1) is 13.6. The van der Waals surface area contributed by atoms with Crippen LogP contribution in [0.3, 0.4) is 0 Å². The van der Waals surface area contributed by atoms with E-state index in [0.29, 0.717) is 24.0 Å². The predicted octanol–water partition coefficient (Wildman–Crippen LogP) is 2.85. The molecule has 7 nitrogen and oxygen atoms in total. The number of rotatable bonds is 5. The van der Waals surface area contributed by atoms with E-state index in [4.69, 9.17) is 10.5 Å². The number of fused-ring (bicyclic) bond motifs is 1. The maximum atomic E-state index is 5.99. The van der Waals surface area contributed by atoms with Gasteiger partial charge in [0.15, 0.2) is 0 Å². The normalized spacial score (nSPS) is 15.6. The Kier molecular flexibility index (Phi) is 5.27. The molecule has 7 heteroatoms. The van der Waals surface area contributed by atoms with E-state index in [9.17, 15) is 0 Å². The van der Waals surface area contributed by atoms with Crippen LogP contribution >= 0.6 is 0 Å². The molecule has 4 rings (SSSR count). The molecule has 3 aromatic rings. The molecule has 0 bridgehead atoms. The second kappa shape index (κ2) is 8.00. The van der Waals surface area contributed by atoms with Gasteiger partial charge in [0.25, 0.3) is 0 Å². The van der Waals surface area contributed by atoms with Crippen molar-refractivity contribution in [2.75, 3.05) is 51.0 Å². The predicted molar refractivity (Wildman–Crippen MR) is 113 cm³/mol. The first-order valence-corrected chi connectivity index (χ1v) is 9.62. The van der Waals surface area contributed by atoms with Crippen LogP contribution in [0.5, 0.6) is 5.75 Å². The van der Waals surface area contributed by atoms with Gasteiger partial charge in [-0.1, -0.05) is 12.1 Å². The summed E-state index contributed by atoms with van der Waals surface area (Å²) >= 11 is 0. The fourth-order valence-electron chi connectivity index (χ4n) is 3.32. The van der Waals surface area contributed by atoms with E-state index in [1.807, 2.05) is 37.4 Å². The molecule has 0 saturated carbocycles. The van der Waals surface area contributed by atoms with Gasteiger partial charge < -0.3 is 15.4 Å². The minimum atomic E-state index is 0.586. The standard InChI is InChI=1S/C21H26N6O/c1-3-28-20-13-16(4-6-18(20)22)15-5-7-19-17(12-15)14-23-21(24-19)25-27-10-8-26(2)9-11-27/h4-7,12-14H,3,8-11,22H2,1-2H3,(H,23,24,25). The highest BCUT2D eigenvalue weighted by Gasteiger charge is 2.14. The van der Waals surface area contributed by atoms with Gasteiger partial charge in [0.2, 0.25) is 5.95 Å². The molecular formula is C21H26N6O. The zero-order chi connectivity index (χ0) is 19.5. The molecule has 0 aliphatic carbocycles. The number of benzene rings is 2. The average molecular weight is 378 g/mol. The number of nitrogen functional groups attached to an aromatic ring is 1. The SMILES string of the molecule is CCOc1cc(-c2ccc3nc(NN4CCN(C)CC4)ncc3c2)ccc1N. The summed E-state index contributed by atoms with van der Waals surface area (Å²) in [6, 6.07) is 12.0. The first-order valence-electron chi connectivity index (χ1n) is 9.62. The van der Waals surface area contributed by atoms with Gasteiger partial charge >= 0.3 is 0 Å². The Labute approximate surface area is 165 Å². The lowest BCUT2D eigenvalue weighted by Crippen LogP contribution is -2.47. The van der Waals surface area contributed by atoms with Crippen molar-refractivity contribution < 1.29 is 4.74 Å². The van der Waals surface area contributed by atoms with Crippen molar-refractivity contribution in [3.8, 4) is 16.9 Å². The average Bonchev–Trinajstić information content (AvgIpc) is 2.71. The number of nitrogens with two attached hydrogens (primary N) is 1.